The summed E-state index contributed by atoms with van der Waals surface area (Å²) in [5.41, 5.74) is 0.392. The monoisotopic (exact) mass is 257 g/mol. The van der Waals surface area contributed by atoms with Crippen LogP contribution in [0.5, 0.6) is 0 Å². The minimum Gasteiger partial charge on any atom is -0.372 e. The molecule has 0 aliphatic heterocycles. The van der Waals surface area contributed by atoms with E-state index in [-0.39, 0.29) is 18.2 Å². The number of aromatic nitrogens is 1. The molecule has 0 saturated heterocycles. The van der Waals surface area contributed by atoms with Crippen molar-refractivity contribution in [1.82, 2.24) is 10.3 Å². The van der Waals surface area contributed by atoms with E-state index in [0.29, 0.717) is 11.4 Å². The van der Waals surface area contributed by atoms with Gasteiger partial charge in [-0.1, -0.05) is 0 Å². The van der Waals surface area contributed by atoms with Crippen LogP contribution in [0, 0.1) is 0 Å². The third kappa shape index (κ3) is 4.39. The Labute approximate surface area is 100 Å². The highest BCUT2D eigenvalue weighted by atomic mass is 32.2. The van der Waals surface area contributed by atoms with Crippen LogP contribution in [0.2, 0.25) is 0 Å². The second-order valence-electron chi connectivity index (χ2n) is 3.54. The summed E-state index contributed by atoms with van der Waals surface area (Å²) in [6.45, 7) is 0.0930. The fraction of sp³-hybridized carbons (Fsp3) is 0.400. The zero-order chi connectivity index (χ0) is 12.9. The Morgan fingerprint density at radius 1 is 1.47 bits per heavy atom. The largest absolute Gasteiger partial charge is 0.372 e. The first-order chi connectivity index (χ1) is 7.94. The van der Waals surface area contributed by atoms with Gasteiger partial charge in [0.1, 0.15) is 15.7 Å². The number of carbonyl (C=O) groups is 1. The van der Waals surface area contributed by atoms with Crippen molar-refractivity contribution in [2.75, 3.05) is 30.9 Å². The summed E-state index contributed by atoms with van der Waals surface area (Å²) in [6.07, 6.45) is 2.70. The van der Waals surface area contributed by atoms with Gasteiger partial charge in [-0.2, -0.15) is 0 Å². The Morgan fingerprint density at radius 3 is 2.76 bits per heavy atom. The maximum absolute atomic E-state index is 11.7. The molecule has 6 nitrogen and oxygen atoms in total. The third-order valence-electron chi connectivity index (χ3n) is 2.05. The first-order valence-electron chi connectivity index (χ1n) is 5.03. The fourth-order valence-electron chi connectivity index (χ4n) is 1.23. The molecule has 7 heteroatoms. The van der Waals surface area contributed by atoms with E-state index in [1.807, 2.05) is 0 Å². The smallest absolute Gasteiger partial charge is 0.255 e. The highest BCUT2D eigenvalue weighted by molar-refractivity contribution is 7.90. The van der Waals surface area contributed by atoms with Crippen LogP contribution in [-0.4, -0.2) is 44.9 Å². The van der Waals surface area contributed by atoms with Crippen molar-refractivity contribution in [3.63, 3.8) is 0 Å². The Morgan fingerprint density at radius 2 is 2.18 bits per heavy atom. The first kappa shape index (κ1) is 13.4. The summed E-state index contributed by atoms with van der Waals surface area (Å²) < 4.78 is 21.8. The third-order valence-corrected chi connectivity index (χ3v) is 2.99. The lowest BCUT2D eigenvalue weighted by Gasteiger charge is -2.08. The predicted octanol–water partition coefficient (Wildman–Crippen LogP) is -0.102. The van der Waals surface area contributed by atoms with Gasteiger partial charge in [0.05, 0.1) is 11.3 Å². The molecule has 1 amide bonds. The summed E-state index contributed by atoms with van der Waals surface area (Å²) in [4.78, 5) is 15.7. The van der Waals surface area contributed by atoms with Gasteiger partial charge in [0, 0.05) is 26.0 Å². The highest BCUT2D eigenvalue weighted by Gasteiger charge is 2.11. The predicted molar refractivity (Wildman–Crippen MR) is 65.8 cm³/mol. The zero-order valence-corrected chi connectivity index (χ0v) is 10.5. The number of nitrogens with zero attached hydrogens (tertiary/aromatic N) is 1. The van der Waals surface area contributed by atoms with Crippen LogP contribution in [0.3, 0.4) is 0 Å². The number of hydrogen-bond acceptors (Lipinski definition) is 5. The van der Waals surface area contributed by atoms with Crippen LogP contribution in [0.25, 0.3) is 0 Å². The molecule has 1 rings (SSSR count). The van der Waals surface area contributed by atoms with Crippen molar-refractivity contribution >= 4 is 21.6 Å². The minimum absolute atomic E-state index is 0.0755. The van der Waals surface area contributed by atoms with Gasteiger partial charge < -0.3 is 10.6 Å². The summed E-state index contributed by atoms with van der Waals surface area (Å²) >= 11 is 0. The van der Waals surface area contributed by atoms with Gasteiger partial charge >= 0.3 is 0 Å². The average Bonchev–Trinajstić information content (AvgIpc) is 2.27. The van der Waals surface area contributed by atoms with E-state index in [4.69, 9.17) is 0 Å². The fourth-order valence-corrected chi connectivity index (χ4v) is 1.71. The van der Waals surface area contributed by atoms with Gasteiger partial charge in [0.25, 0.3) is 5.91 Å². The highest BCUT2D eigenvalue weighted by Crippen LogP contribution is 2.09. The molecule has 0 spiro atoms. The van der Waals surface area contributed by atoms with Crippen LogP contribution < -0.4 is 10.6 Å². The summed E-state index contributed by atoms with van der Waals surface area (Å²) in [5, 5.41) is 5.33. The molecule has 0 radical (unpaired) electrons. The second-order valence-corrected chi connectivity index (χ2v) is 5.80. The van der Waals surface area contributed by atoms with Gasteiger partial charge in [-0.05, 0) is 12.1 Å². The molecule has 0 aliphatic carbocycles. The molecule has 1 aromatic rings. The maximum Gasteiger partial charge on any atom is 0.255 e. The quantitative estimate of drug-likeness (QED) is 0.769. The summed E-state index contributed by atoms with van der Waals surface area (Å²) in [7, 11) is -1.40. The van der Waals surface area contributed by atoms with Gasteiger partial charge in [0.2, 0.25) is 0 Å². The Bertz CT molecular complexity index is 499. The Kier molecular flexibility index (Phi) is 4.45. The van der Waals surface area contributed by atoms with E-state index in [2.05, 4.69) is 15.6 Å². The summed E-state index contributed by atoms with van der Waals surface area (Å²) in [5.74, 6) is 0.0453. The molecule has 1 heterocycles. The number of anilines is 1. The molecular weight excluding hydrogens is 242 g/mol. The normalized spacial score (nSPS) is 10.9. The molecule has 0 aliphatic rings. The SMILES string of the molecule is CNc1ncccc1C(=O)NCCS(C)(=O)=O. The minimum atomic E-state index is -3.06. The second kappa shape index (κ2) is 5.62. The molecule has 94 valence electrons. The lowest BCUT2D eigenvalue weighted by Crippen LogP contribution is -2.29. The number of pyridine rings is 1. The number of hydrogen-bond donors (Lipinski definition) is 2. The molecule has 0 saturated carbocycles. The van der Waals surface area contributed by atoms with Crippen LogP contribution in [0.15, 0.2) is 18.3 Å². The topological polar surface area (TPSA) is 88.2 Å². The van der Waals surface area contributed by atoms with Gasteiger partial charge in [-0.3, -0.25) is 4.79 Å². The number of amides is 1. The molecule has 0 aromatic carbocycles. The van der Waals surface area contributed by atoms with Crippen LogP contribution in [-0.2, 0) is 9.84 Å². The van der Waals surface area contributed by atoms with E-state index in [9.17, 15) is 13.2 Å². The van der Waals surface area contributed by atoms with Gasteiger partial charge in [-0.25, -0.2) is 13.4 Å². The molecule has 1 aromatic heterocycles. The maximum atomic E-state index is 11.7. The lowest BCUT2D eigenvalue weighted by molar-refractivity contribution is 0.0956. The molecule has 2 N–H and O–H groups in total. The van der Waals surface area contributed by atoms with Gasteiger partial charge in [0.15, 0.2) is 0 Å². The molecule has 0 bridgehead atoms. The van der Waals surface area contributed by atoms with Crippen LogP contribution in [0.4, 0.5) is 5.82 Å². The van der Waals surface area contributed by atoms with Crippen LogP contribution >= 0.6 is 0 Å². The molecule has 0 unspecified atom stereocenters. The molecule has 0 atom stereocenters. The van der Waals surface area contributed by atoms with E-state index in [1.165, 1.54) is 0 Å². The molecular formula is C10H15N3O3S. The van der Waals surface area contributed by atoms with E-state index < -0.39 is 9.84 Å². The standard InChI is InChI=1S/C10H15N3O3S/c1-11-9-8(4-3-5-12-9)10(14)13-6-7-17(2,15)16/h3-5H,6-7H2,1-2H3,(H,11,12)(H,13,14). The van der Waals surface area contributed by atoms with Crippen molar-refractivity contribution in [3.05, 3.63) is 23.9 Å². The lowest BCUT2D eigenvalue weighted by atomic mass is 10.2. The van der Waals surface area contributed by atoms with E-state index in [0.717, 1.165) is 6.26 Å². The van der Waals surface area contributed by atoms with E-state index in [1.54, 1.807) is 25.4 Å². The van der Waals surface area contributed by atoms with E-state index >= 15 is 0 Å². The van der Waals surface area contributed by atoms with Crippen molar-refractivity contribution in [3.8, 4) is 0 Å². The van der Waals surface area contributed by atoms with Crippen molar-refractivity contribution in [2.45, 2.75) is 0 Å². The number of rotatable bonds is 5. The number of carbonyl (C=O) groups excluding carboxylic acids is 1. The average molecular weight is 257 g/mol. The summed E-state index contributed by atoms with van der Waals surface area (Å²) in [6, 6.07) is 3.26. The zero-order valence-electron chi connectivity index (χ0n) is 9.73. The molecule has 17 heavy (non-hydrogen) atoms. The Hall–Kier alpha value is -1.63. The van der Waals surface area contributed by atoms with Gasteiger partial charge in [-0.15, -0.1) is 0 Å². The number of sulfone groups is 1. The van der Waals surface area contributed by atoms with Crippen molar-refractivity contribution in [2.24, 2.45) is 0 Å². The van der Waals surface area contributed by atoms with Crippen molar-refractivity contribution < 1.29 is 13.2 Å². The van der Waals surface area contributed by atoms with Crippen LogP contribution in [0.1, 0.15) is 10.4 Å². The van der Waals surface area contributed by atoms with Crippen molar-refractivity contribution in [1.29, 1.82) is 0 Å². The Balaban J connectivity index is 2.64. The first-order valence-corrected chi connectivity index (χ1v) is 7.09. The molecule has 0 fully saturated rings. The number of nitrogens with one attached hydrogen (secondary N) is 2.